The molecular formula is C13H21BrClN3OSi. The van der Waals surface area contributed by atoms with Gasteiger partial charge in [-0.1, -0.05) is 31.2 Å². The van der Waals surface area contributed by atoms with Gasteiger partial charge >= 0.3 is 0 Å². The number of pyridine rings is 1. The molecule has 20 heavy (non-hydrogen) atoms. The van der Waals surface area contributed by atoms with Gasteiger partial charge in [0.1, 0.15) is 12.4 Å². The Bertz CT molecular complexity index is 477. The molecule has 0 unspecified atom stereocenters. The summed E-state index contributed by atoms with van der Waals surface area (Å²) in [6.07, 6.45) is 3.34. The third-order valence-corrected chi connectivity index (χ3v) is 5.46. The molecule has 1 N–H and O–H groups in total. The maximum absolute atomic E-state index is 6.20. The summed E-state index contributed by atoms with van der Waals surface area (Å²) in [6.45, 7) is 9.99. The van der Waals surface area contributed by atoms with Crippen molar-refractivity contribution >= 4 is 53.3 Å². The zero-order valence-electron chi connectivity index (χ0n) is 12.3. The van der Waals surface area contributed by atoms with Crippen molar-refractivity contribution in [3.05, 3.63) is 15.7 Å². The van der Waals surface area contributed by atoms with Crippen LogP contribution in [0.4, 0.5) is 11.5 Å². The molecular weight excluding hydrogens is 358 g/mol. The maximum Gasteiger partial charge on any atom is 0.155 e. The Labute approximate surface area is 135 Å². The van der Waals surface area contributed by atoms with Crippen LogP contribution in [-0.2, 0) is 4.74 Å². The highest BCUT2D eigenvalue weighted by Crippen LogP contribution is 2.36. The minimum Gasteiger partial charge on any atom is -0.362 e. The normalized spacial score (nSPS) is 12.1. The van der Waals surface area contributed by atoms with Crippen LogP contribution < -0.4 is 5.32 Å². The topological polar surface area (TPSA) is 46.5 Å². The van der Waals surface area contributed by atoms with Gasteiger partial charge in [-0.15, -0.1) is 0 Å². The number of aromatic nitrogens is 1. The third-order valence-electron chi connectivity index (χ3n) is 2.55. The first-order valence-electron chi connectivity index (χ1n) is 6.49. The predicted octanol–water partition coefficient (Wildman–Crippen LogP) is 4.94. The minimum absolute atomic E-state index is 0.404. The van der Waals surface area contributed by atoms with Gasteiger partial charge in [-0.2, -0.15) is 0 Å². The van der Waals surface area contributed by atoms with E-state index in [0.717, 1.165) is 17.1 Å². The molecule has 1 aromatic heterocycles. The lowest BCUT2D eigenvalue weighted by Gasteiger charge is -2.16. The van der Waals surface area contributed by atoms with Crippen molar-refractivity contribution in [2.45, 2.75) is 32.6 Å². The van der Waals surface area contributed by atoms with Gasteiger partial charge in [0.2, 0.25) is 0 Å². The van der Waals surface area contributed by atoms with Crippen LogP contribution in [0.1, 0.15) is 6.92 Å². The van der Waals surface area contributed by atoms with Crippen molar-refractivity contribution in [2.24, 2.45) is 4.99 Å². The summed E-state index contributed by atoms with van der Waals surface area (Å²) in [4.78, 5) is 8.52. The van der Waals surface area contributed by atoms with Crippen LogP contribution in [-0.4, -0.2) is 32.6 Å². The molecule has 112 valence electrons. The van der Waals surface area contributed by atoms with Gasteiger partial charge in [0, 0.05) is 27.1 Å². The molecule has 0 amide bonds. The van der Waals surface area contributed by atoms with Crippen molar-refractivity contribution < 1.29 is 4.74 Å². The summed E-state index contributed by atoms with van der Waals surface area (Å²) in [5, 5.41) is 3.66. The van der Waals surface area contributed by atoms with E-state index in [1.807, 2.05) is 6.92 Å². The standard InChI is InChI=1S/C13H21BrClN3OSi/c1-5-16-12-11(15)10(14)8-17-13(12)18-9-19-6-7-20(2,3)4/h5,8H,6-7,9H2,1-4H3,(H,17,18). The molecule has 0 bridgehead atoms. The number of nitrogens with zero attached hydrogens (tertiary/aromatic N) is 2. The zero-order chi connectivity index (χ0) is 15.2. The highest BCUT2D eigenvalue weighted by Gasteiger charge is 2.13. The summed E-state index contributed by atoms with van der Waals surface area (Å²) in [5.74, 6) is 0.629. The molecule has 0 aromatic carbocycles. The minimum atomic E-state index is -1.05. The van der Waals surface area contributed by atoms with E-state index in [1.165, 1.54) is 0 Å². The van der Waals surface area contributed by atoms with E-state index in [4.69, 9.17) is 16.3 Å². The van der Waals surface area contributed by atoms with Crippen molar-refractivity contribution in [2.75, 3.05) is 18.7 Å². The van der Waals surface area contributed by atoms with Gasteiger partial charge < -0.3 is 10.1 Å². The largest absolute Gasteiger partial charge is 0.362 e. The van der Waals surface area contributed by atoms with Crippen molar-refractivity contribution in [1.82, 2.24) is 4.98 Å². The second kappa shape index (κ2) is 8.12. The molecule has 0 radical (unpaired) electrons. The van der Waals surface area contributed by atoms with Crippen LogP contribution in [0.25, 0.3) is 0 Å². The predicted molar refractivity (Wildman–Crippen MR) is 93.4 cm³/mol. The zero-order valence-corrected chi connectivity index (χ0v) is 15.7. The first kappa shape index (κ1) is 17.6. The van der Waals surface area contributed by atoms with Gasteiger partial charge in [0.15, 0.2) is 5.82 Å². The highest BCUT2D eigenvalue weighted by atomic mass is 79.9. The number of nitrogens with one attached hydrogen (secondary N) is 1. The number of rotatable bonds is 7. The quantitative estimate of drug-likeness (QED) is 0.316. The fourth-order valence-corrected chi connectivity index (χ4v) is 2.64. The lowest BCUT2D eigenvalue weighted by Crippen LogP contribution is -2.22. The summed E-state index contributed by atoms with van der Waals surface area (Å²) >= 11 is 9.54. The average Bonchev–Trinajstić information content (AvgIpc) is 2.36. The first-order chi connectivity index (χ1) is 9.35. The molecule has 7 heteroatoms. The van der Waals surface area contributed by atoms with E-state index < -0.39 is 8.07 Å². The van der Waals surface area contributed by atoms with Gasteiger partial charge in [-0.25, -0.2) is 4.98 Å². The molecule has 4 nitrogen and oxygen atoms in total. The Morgan fingerprint density at radius 3 is 2.80 bits per heavy atom. The molecule has 0 aliphatic carbocycles. The number of hydrogen-bond acceptors (Lipinski definition) is 4. The second-order valence-corrected chi connectivity index (χ2v) is 12.4. The smallest absolute Gasteiger partial charge is 0.155 e. The molecule has 0 aliphatic heterocycles. The lowest BCUT2D eigenvalue weighted by molar-refractivity contribution is 0.165. The number of ether oxygens (including phenoxy) is 1. The Kier molecular flexibility index (Phi) is 7.15. The Balaban J connectivity index is 2.58. The number of halogens is 2. The van der Waals surface area contributed by atoms with E-state index in [2.05, 4.69) is 50.9 Å². The summed E-state index contributed by atoms with van der Waals surface area (Å²) in [6, 6.07) is 1.14. The maximum atomic E-state index is 6.20. The van der Waals surface area contributed by atoms with Crippen LogP contribution in [0.15, 0.2) is 15.7 Å². The third kappa shape index (κ3) is 5.91. The molecule has 0 fully saturated rings. The summed E-state index contributed by atoms with van der Waals surface area (Å²) in [7, 11) is -1.05. The molecule has 0 spiro atoms. The number of hydrogen-bond donors (Lipinski definition) is 1. The van der Waals surface area contributed by atoms with Crippen LogP contribution >= 0.6 is 27.5 Å². The highest BCUT2D eigenvalue weighted by molar-refractivity contribution is 9.10. The number of aliphatic imine (C=N–C) groups is 1. The Morgan fingerprint density at radius 1 is 1.50 bits per heavy atom. The fourth-order valence-electron chi connectivity index (χ4n) is 1.40. The van der Waals surface area contributed by atoms with Gasteiger partial charge in [0.05, 0.1) is 9.50 Å². The van der Waals surface area contributed by atoms with E-state index >= 15 is 0 Å². The molecule has 1 aromatic rings. The van der Waals surface area contributed by atoms with Crippen LogP contribution in [0, 0.1) is 0 Å². The molecule has 1 rings (SSSR count). The molecule has 0 atom stereocenters. The molecule has 0 saturated heterocycles. The summed E-state index contributed by atoms with van der Waals surface area (Å²) in [5.41, 5.74) is 0.623. The van der Waals surface area contributed by atoms with E-state index in [0.29, 0.717) is 23.3 Å². The average molecular weight is 379 g/mol. The van der Waals surface area contributed by atoms with Crippen LogP contribution in [0.3, 0.4) is 0 Å². The van der Waals surface area contributed by atoms with Crippen molar-refractivity contribution in [3.63, 3.8) is 0 Å². The second-order valence-electron chi connectivity index (χ2n) is 5.54. The number of anilines is 1. The molecule has 1 heterocycles. The first-order valence-corrected chi connectivity index (χ1v) is 11.4. The van der Waals surface area contributed by atoms with Gasteiger partial charge in [0.25, 0.3) is 0 Å². The van der Waals surface area contributed by atoms with E-state index in [1.54, 1.807) is 12.4 Å². The fraction of sp³-hybridized carbons (Fsp3) is 0.538. The van der Waals surface area contributed by atoms with Gasteiger partial charge in [-0.05, 0) is 28.9 Å². The van der Waals surface area contributed by atoms with E-state index in [-0.39, 0.29) is 0 Å². The lowest BCUT2D eigenvalue weighted by atomic mass is 10.4. The van der Waals surface area contributed by atoms with Gasteiger partial charge in [-0.3, -0.25) is 4.99 Å². The van der Waals surface area contributed by atoms with Crippen molar-refractivity contribution in [3.8, 4) is 0 Å². The van der Waals surface area contributed by atoms with Crippen LogP contribution in [0.5, 0.6) is 0 Å². The van der Waals surface area contributed by atoms with Crippen molar-refractivity contribution in [1.29, 1.82) is 0 Å². The monoisotopic (exact) mass is 377 g/mol. The summed E-state index contributed by atoms with van der Waals surface area (Å²) < 4.78 is 6.32. The van der Waals surface area contributed by atoms with E-state index in [9.17, 15) is 0 Å². The van der Waals surface area contributed by atoms with Crippen LogP contribution in [0.2, 0.25) is 30.7 Å². The Hall–Kier alpha value is -0.433. The molecule has 0 aliphatic rings. The Morgan fingerprint density at radius 2 is 2.20 bits per heavy atom. The SMILES string of the molecule is CC=Nc1c(NCOCC[Si](C)(C)C)ncc(Br)c1Cl. The molecule has 0 saturated carbocycles.